The zero-order valence-corrected chi connectivity index (χ0v) is 44.1. The molecule has 3 aromatic heterocycles. The molecule has 7 aromatic rings. The first-order valence-electron chi connectivity index (χ1n) is 23.2. The van der Waals surface area contributed by atoms with E-state index in [1.165, 1.54) is 25.1 Å². The number of methoxy groups -OCH3 is 3. The van der Waals surface area contributed by atoms with Crippen molar-refractivity contribution >= 4 is 37.9 Å². The summed E-state index contributed by atoms with van der Waals surface area (Å²) in [6.07, 6.45) is 2.20. The van der Waals surface area contributed by atoms with E-state index in [9.17, 15) is 19.8 Å². The zero-order chi connectivity index (χ0) is 53.8. The van der Waals surface area contributed by atoms with E-state index in [2.05, 4.69) is 20.0 Å². The number of imidazole rings is 1. The van der Waals surface area contributed by atoms with Crippen molar-refractivity contribution in [1.29, 1.82) is 0 Å². The molecule has 0 saturated heterocycles. The molecular formula is C51H60N10O11S2. The SMILES string of the molecule is COc1ccc(CN(Cc2ccc(OC)cc2)S(=O)(=O)c2c(S(=O)(=O)NC(CN(C(=O)O)C(C)(C)C)CN(C(=O)O)C(C)(C)C)ccc(-c3cccn4ccnc34)c2-c2nnn(Cc3ccc(OC)cc3)n2)cc1. The lowest BCUT2D eigenvalue weighted by Gasteiger charge is -2.40. The number of hydrogen-bond acceptors (Lipinski definition) is 13. The predicted octanol–water partition coefficient (Wildman–Crippen LogP) is 7.32. The van der Waals surface area contributed by atoms with Gasteiger partial charge in [0.1, 0.15) is 32.7 Å². The molecule has 3 N–H and O–H groups in total. The van der Waals surface area contributed by atoms with Crippen molar-refractivity contribution in [2.45, 2.75) is 88.1 Å². The number of rotatable bonds is 20. The lowest BCUT2D eigenvalue weighted by atomic mass is 10.00. The van der Waals surface area contributed by atoms with Crippen LogP contribution in [0.1, 0.15) is 58.2 Å². The molecule has 0 saturated carbocycles. The molecule has 0 bridgehead atoms. The molecule has 0 aliphatic heterocycles. The summed E-state index contributed by atoms with van der Waals surface area (Å²) >= 11 is 0. The molecule has 3 heterocycles. The van der Waals surface area contributed by atoms with Crippen LogP contribution < -0.4 is 18.9 Å². The highest BCUT2D eigenvalue weighted by Crippen LogP contribution is 2.42. The van der Waals surface area contributed by atoms with Gasteiger partial charge in [0.25, 0.3) is 0 Å². The third kappa shape index (κ3) is 12.2. The summed E-state index contributed by atoms with van der Waals surface area (Å²) in [4.78, 5) is 32.0. The van der Waals surface area contributed by atoms with Crippen LogP contribution in [-0.4, -0.2) is 134 Å². The van der Waals surface area contributed by atoms with E-state index in [1.54, 1.807) is 157 Å². The maximum Gasteiger partial charge on any atom is 0.407 e. The van der Waals surface area contributed by atoms with Crippen LogP contribution >= 0.6 is 0 Å². The van der Waals surface area contributed by atoms with Gasteiger partial charge in [-0.1, -0.05) is 42.5 Å². The van der Waals surface area contributed by atoms with Gasteiger partial charge < -0.3 is 38.6 Å². The van der Waals surface area contributed by atoms with Gasteiger partial charge in [0, 0.05) is 61.4 Å². The van der Waals surface area contributed by atoms with Crippen molar-refractivity contribution in [3.8, 4) is 39.8 Å². The molecule has 23 heteroatoms. The summed E-state index contributed by atoms with van der Waals surface area (Å²) in [5.74, 6) is 1.37. The molecule has 0 aliphatic carbocycles. The fourth-order valence-corrected chi connectivity index (χ4v) is 11.9. The Hall–Kier alpha value is -7.60. The van der Waals surface area contributed by atoms with E-state index in [0.717, 1.165) is 25.7 Å². The van der Waals surface area contributed by atoms with Gasteiger partial charge in [-0.05, 0) is 124 Å². The maximum absolute atomic E-state index is 16.4. The molecule has 0 unspecified atom stereocenters. The topological polar surface area (TPSA) is 253 Å². The van der Waals surface area contributed by atoms with Crippen molar-refractivity contribution in [2.75, 3.05) is 34.4 Å². The second-order valence-corrected chi connectivity index (χ2v) is 22.9. The van der Waals surface area contributed by atoms with E-state index in [4.69, 9.17) is 19.3 Å². The van der Waals surface area contributed by atoms with Gasteiger partial charge in [-0.2, -0.15) is 9.10 Å². The average Bonchev–Trinajstić information content (AvgIpc) is 4.04. The van der Waals surface area contributed by atoms with Crippen LogP contribution in [0.15, 0.2) is 125 Å². The Morgan fingerprint density at radius 2 is 1.18 bits per heavy atom. The van der Waals surface area contributed by atoms with Gasteiger partial charge in [0.2, 0.25) is 25.9 Å². The minimum absolute atomic E-state index is 0.0637. The normalized spacial score (nSPS) is 12.3. The number of aromatic nitrogens is 6. The molecule has 0 radical (unpaired) electrons. The van der Waals surface area contributed by atoms with Gasteiger partial charge in [-0.25, -0.2) is 36.1 Å². The number of ether oxygens (including phenoxy) is 3. The van der Waals surface area contributed by atoms with Crippen molar-refractivity contribution in [1.82, 2.24) is 48.4 Å². The highest BCUT2D eigenvalue weighted by atomic mass is 32.2. The molecule has 74 heavy (non-hydrogen) atoms. The van der Waals surface area contributed by atoms with E-state index >= 15 is 16.8 Å². The molecule has 0 spiro atoms. The van der Waals surface area contributed by atoms with Crippen molar-refractivity contribution in [3.63, 3.8) is 0 Å². The van der Waals surface area contributed by atoms with Gasteiger partial charge in [0.15, 0.2) is 0 Å². The maximum atomic E-state index is 16.4. The molecular weight excluding hydrogens is 993 g/mol. The first kappa shape index (κ1) is 54.2. The van der Waals surface area contributed by atoms with Crippen LogP contribution in [0.25, 0.3) is 28.2 Å². The Bertz CT molecular complexity index is 3250. The number of amides is 2. The Labute approximate surface area is 430 Å². The van der Waals surface area contributed by atoms with E-state index in [-0.39, 0.29) is 36.6 Å². The van der Waals surface area contributed by atoms with Crippen LogP contribution in [0.3, 0.4) is 0 Å². The number of pyridine rings is 1. The van der Waals surface area contributed by atoms with Crippen molar-refractivity contribution in [2.24, 2.45) is 0 Å². The van der Waals surface area contributed by atoms with E-state index in [1.807, 2.05) is 0 Å². The lowest BCUT2D eigenvalue weighted by Crippen LogP contribution is -2.58. The van der Waals surface area contributed by atoms with Gasteiger partial charge in [-0.3, -0.25) is 0 Å². The number of sulfonamides is 2. The standard InChI is InChI=1S/C51H60N10O11S2/c1-50(2,3)59(48(62)63)32-37(33-60(49(64)65)51(4,5)6)55-73(66,67)43-25-24-41(42-11-10-27-57-28-26-52-47(42)57)44(46-53-56-61(54-46)31-36-16-22-40(72-9)23-17-36)45(43)74(68,69)58(29-34-12-18-38(70-7)19-13-34)30-35-14-20-39(71-8)21-15-35/h10-28,37,55H,29-33H2,1-9H3,(H,62,63)(H,64,65). The third-order valence-corrected chi connectivity index (χ3v) is 15.7. The van der Waals surface area contributed by atoms with Gasteiger partial charge in [-0.15, -0.1) is 10.2 Å². The number of nitrogens with one attached hydrogen (secondary N) is 1. The Kier molecular flexibility index (Phi) is 16.0. The molecule has 7 rings (SSSR count). The molecule has 2 amide bonds. The number of nitrogens with zero attached hydrogens (tertiary/aromatic N) is 9. The Morgan fingerprint density at radius 1 is 0.676 bits per heavy atom. The summed E-state index contributed by atoms with van der Waals surface area (Å²) in [5, 5.41) is 34.4. The van der Waals surface area contributed by atoms with Crippen molar-refractivity contribution < 1.29 is 50.8 Å². The van der Waals surface area contributed by atoms with Gasteiger partial charge >= 0.3 is 12.2 Å². The number of carboxylic acid groups (broad SMARTS) is 2. The van der Waals surface area contributed by atoms with Gasteiger partial charge in [0.05, 0.1) is 39.5 Å². The summed E-state index contributed by atoms with van der Waals surface area (Å²) in [5.41, 5.74) is 0.246. The smallest absolute Gasteiger partial charge is 0.407 e. The largest absolute Gasteiger partial charge is 0.497 e. The summed E-state index contributed by atoms with van der Waals surface area (Å²) in [6.45, 7) is 8.04. The van der Waals surface area contributed by atoms with Crippen LogP contribution in [-0.2, 0) is 39.7 Å². The molecule has 392 valence electrons. The second kappa shape index (κ2) is 21.9. The molecule has 4 aromatic carbocycles. The van der Waals surface area contributed by atoms with Crippen LogP contribution in [0.4, 0.5) is 9.59 Å². The Balaban J connectivity index is 1.54. The lowest BCUT2D eigenvalue weighted by molar-refractivity contribution is 0.0743. The fourth-order valence-electron chi connectivity index (χ4n) is 8.30. The minimum atomic E-state index is -5.16. The summed E-state index contributed by atoms with van der Waals surface area (Å²) < 4.78 is 85.6. The first-order valence-corrected chi connectivity index (χ1v) is 26.2. The highest BCUT2D eigenvalue weighted by molar-refractivity contribution is 7.92. The first-order chi connectivity index (χ1) is 34.9. The number of fused-ring (bicyclic) bond motifs is 1. The summed E-state index contributed by atoms with van der Waals surface area (Å²) in [6, 6.07) is 25.1. The highest BCUT2D eigenvalue weighted by Gasteiger charge is 2.41. The second-order valence-electron chi connectivity index (χ2n) is 19.3. The minimum Gasteiger partial charge on any atom is -0.497 e. The molecule has 0 aliphatic rings. The molecule has 0 atom stereocenters. The third-order valence-electron chi connectivity index (χ3n) is 12.1. The van der Waals surface area contributed by atoms with Crippen LogP contribution in [0.2, 0.25) is 0 Å². The predicted molar refractivity (Wildman–Crippen MR) is 275 cm³/mol. The fraction of sp³-hybridized carbons (Fsp3) is 0.333. The van der Waals surface area contributed by atoms with Crippen LogP contribution in [0, 0.1) is 0 Å². The number of carbonyl (C=O) groups is 2. The number of hydrogen-bond donors (Lipinski definition) is 3. The molecule has 0 fully saturated rings. The van der Waals surface area contributed by atoms with E-state index in [0.29, 0.717) is 39.6 Å². The Morgan fingerprint density at radius 3 is 1.65 bits per heavy atom. The number of benzene rings is 4. The van der Waals surface area contributed by atoms with E-state index < -0.39 is 72.2 Å². The average molecular weight is 1050 g/mol. The van der Waals surface area contributed by atoms with Crippen molar-refractivity contribution in [3.05, 3.63) is 132 Å². The zero-order valence-electron chi connectivity index (χ0n) is 42.5. The molecule has 21 nitrogen and oxygen atoms in total. The number of tetrazole rings is 1. The monoisotopic (exact) mass is 1050 g/mol. The van der Waals surface area contributed by atoms with Crippen LogP contribution in [0.5, 0.6) is 17.2 Å². The summed E-state index contributed by atoms with van der Waals surface area (Å²) in [7, 11) is -5.74. The quantitative estimate of drug-likeness (QED) is 0.0676.